The highest BCUT2D eigenvalue weighted by Crippen LogP contribution is 2.41. The molecule has 0 aliphatic carbocycles. The van der Waals surface area contributed by atoms with E-state index in [9.17, 15) is 0 Å². The second-order valence-electron chi connectivity index (χ2n) is 23.8. The molecule has 2 saturated heterocycles. The minimum Gasteiger partial charge on any atom is -0.496 e. The van der Waals surface area contributed by atoms with Gasteiger partial charge in [-0.1, -0.05) is 132 Å². The van der Waals surface area contributed by atoms with E-state index in [0.29, 0.717) is 0 Å². The number of benzene rings is 4. The summed E-state index contributed by atoms with van der Waals surface area (Å²) in [5, 5.41) is 0. The van der Waals surface area contributed by atoms with Crippen LogP contribution in [0.2, 0.25) is 0 Å². The molecule has 6 aliphatic heterocycles. The summed E-state index contributed by atoms with van der Waals surface area (Å²) in [5.41, 5.74) is 15.2. The summed E-state index contributed by atoms with van der Waals surface area (Å²) in [4.78, 5) is 10.5. The van der Waals surface area contributed by atoms with Crippen molar-refractivity contribution in [3.8, 4) is 23.0 Å². The molecular weight excluding hydrogens is 817 g/mol. The zero-order valence-electron chi connectivity index (χ0n) is 43.9. The van der Waals surface area contributed by atoms with Crippen molar-refractivity contribution in [1.82, 2.24) is 19.6 Å². The fourth-order valence-corrected chi connectivity index (χ4v) is 10.4. The Labute approximate surface area is 399 Å². The minimum atomic E-state index is -0.0267. The maximum absolute atomic E-state index is 6.44. The molecule has 6 aliphatic rings. The first-order chi connectivity index (χ1) is 31.0. The Bertz CT molecular complexity index is 2010. The van der Waals surface area contributed by atoms with E-state index in [1.807, 2.05) is 28.4 Å². The van der Waals surface area contributed by atoms with Crippen LogP contribution in [0.3, 0.4) is 0 Å². The van der Waals surface area contributed by atoms with Gasteiger partial charge in [0.2, 0.25) is 0 Å². The number of nitrogens with zero attached hydrogens (tertiary/aromatic N) is 4. The summed E-state index contributed by atoms with van der Waals surface area (Å²) >= 11 is 0. The van der Waals surface area contributed by atoms with Crippen LogP contribution in [-0.4, -0.2) is 100 Å². The summed E-state index contributed by atoms with van der Waals surface area (Å²) < 4.78 is 25.8. The fourth-order valence-electron chi connectivity index (χ4n) is 10.4. The zero-order chi connectivity index (χ0) is 47.9. The van der Waals surface area contributed by atoms with Crippen molar-refractivity contribution in [2.24, 2.45) is 0 Å². The second-order valence-corrected chi connectivity index (χ2v) is 23.8. The lowest BCUT2D eigenvalue weighted by atomic mass is 9.82. The van der Waals surface area contributed by atoms with Gasteiger partial charge in [-0.2, -0.15) is 0 Å². The van der Waals surface area contributed by atoms with Gasteiger partial charge >= 0.3 is 0 Å². The van der Waals surface area contributed by atoms with Crippen molar-refractivity contribution in [1.29, 1.82) is 0 Å². The Kier molecular flexibility index (Phi) is 14.7. The van der Waals surface area contributed by atoms with Gasteiger partial charge < -0.3 is 18.9 Å². The molecule has 12 bridgehead atoms. The Morgan fingerprint density at radius 3 is 0.606 bits per heavy atom. The van der Waals surface area contributed by atoms with E-state index < -0.39 is 0 Å². The molecule has 4 aromatic rings. The fraction of sp³-hybridized carbons (Fsp3) is 0.586. The van der Waals surface area contributed by atoms with Crippen molar-refractivity contribution in [2.75, 3.05) is 80.8 Å². The van der Waals surface area contributed by atoms with Crippen LogP contribution >= 0.6 is 0 Å². The van der Waals surface area contributed by atoms with Crippen LogP contribution in [0.5, 0.6) is 23.0 Å². The number of hydrogen-bond donors (Lipinski definition) is 0. The first kappa shape index (κ1) is 49.8. The Balaban J connectivity index is 1.35. The highest BCUT2D eigenvalue weighted by molar-refractivity contribution is 5.55. The molecule has 10 rings (SSSR count). The van der Waals surface area contributed by atoms with Crippen LogP contribution in [0, 0.1) is 0 Å². The van der Waals surface area contributed by atoms with Crippen LogP contribution in [0.4, 0.5) is 0 Å². The molecule has 8 nitrogen and oxygen atoms in total. The van der Waals surface area contributed by atoms with Crippen molar-refractivity contribution in [2.45, 2.75) is 144 Å². The number of rotatable bonds is 4. The van der Waals surface area contributed by atoms with Crippen molar-refractivity contribution in [3.63, 3.8) is 0 Å². The molecule has 0 amide bonds. The molecule has 6 heterocycles. The summed E-state index contributed by atoms with van der Waals surface area (Å²) in [6.45, 7) is 39.1. The SMILES string of the molecule is COc1c2cc(C(C)(C)C)cc1CN1CCN(CC1)Cc1cc(C(C)(C)C)cc(c1OC)Cc1cc(C(C)(C)C)cc(c1OC)CN1CCN(CC1)Cc1cc(C(C)(C)C)cc(c1OC)C2. The number of piperazine rings is 2. The average Bonchev–Trinajstić information content (AvgIpc) is 3.23. The predicted octanol–water partition coefficient (Wildman–Crippen LogP) is 11.0. The highest BCUT2D eigenvalue weighted by Gasteiger charge is 2.30. The van der Waals surface area contributed by atoms with Gasteiger partial charge in [-0.05, 0) is 66.2 Å². The molecule has 4 aromatic carbocycles. The van der Waals surface area contributed by atoms with Gasteiger partial charge in [0.15, 0.2) is 0 Å². The Hall–Kier alpha value is -4.08. The molecule has 0 saturated carbocycles. The standard InChI is InChI=1S/C58H84N4O4/c1-55(2,3)47-27-39-25-40-28-48(56(4,5)6)32-44(52(40)64-14)36-61-21-23-62(24-22-61)38-46-34-50(58(10,11)12)30-42(54(46)66-16)26-41-29-49(57(7,8)9)33-45(53(41)65-15)37-60-19-17-59(18-20-60)35-43(31-47)51(39)63-13/h27-34H,17-26,35-38H2,1-16H3. The molecule has 2 fully saturated rings. The van der Waals surface area contributed by atoms with Crippen LogP contribution in [0.1, 0.15) is 150 Å². The number of methoxy groups -OCH3 is 4. The van der Waals surface area contributed by atoms with E-state index in [1.165, 1.54) is 66.8 Å². The molecule has 8 heteroatoms. The van der Waals surface area contributed by atoms with Gasteiger partial charge in [0, 0.05) is 114 Å². The zero-order valence-corrected chi connectivity index (χ0v) is 43.9. The summed E-state index contributed by atoms with van der Waals surface area (Å²) in [6.07, 6.45) is 1.47. The maximum Gasteiger partial charge on any atom is 0.126 e. The normalized spacial score (nSPS) is 21.1. The summed E-state index contributed by atoms with van der Waals surface area (Å²) in [5.74, 6) is 4.00. The third kappa shape index (κ3) is 11.3. The van der Waals surface area contributed by atoms with E-state index in [2.05, 4.69) is 151 Å². The molecule has 0 N–H and O–H groups in total. The van der Waals surface area contributed by atoms with Gasteiger partial charge in [0.1, 0.15) is 23.0 Å². The van der Waals surface area contributed by atoms with Crippen LogP contribution in [0.25, 0.3) is 0 Å². The Morgan fingerprint density at radius 2 is 0.455 bits per heavy atom. The summed E-state index contributed by atoms with van der Waals surface area (Å²) in [6, 6.07) is 19.3. The lowest BCUT2D eigenvalue weighted by molar-refractivity contribution is 0.120. The maximum atomic E-state index is 6.44. The number of ether oxygens (including phenoxy) is 4. The van der Waals surface area contributed by atoms with Crippen molar-refractivity contribution >= 4 is 0 Å². The minimum absolute atomic E-state index is 0.0267. The smallest absolute Gasteiger partial charge is 0.126 e. The molecule has 0 aromatic heterocycles. The van der Waals surface area contributed by atoms with Gasteiger partial charge in [-0.3, -0.25) is 19.6 Å². The van der Waals surface area contributed by atoms with Crippen molar-refractivity contribution in [3.05, 3.63) is 115 Å². The van der Waals surface area contributed by atoms with Gasteiger partial charge in [-0.25, -0.2) is 0 Å². The second kappa shape index (κ2) is 19.5. The third-order valence-electron chi connectivity index (χ3n) is 14.5. The van der Waals surface area contributed by atoms with Crippen LogP contribution in [0.15, 0.2) is 48.5 Å². The molecule has 0 radical (unpaired) electrons. The van der Waals surface area contributed by atoms with E-state index in [1.54, 1.807) is 0 Å². The average molecular weight is 901 g/mol. The molecule has 0 unspecified atom stereocenters. The van der Waals surface area contributed by atoms with E-state index in [-0.39, 0.29) is 21.7 Å². The molecule has 66 heavy (non-hydrogen) atoms. The third-order valence-corrected chi connectivity index (χ3v) is 14.5. The Morgan fingerprint density at radius 1 is 0.288 bits per heavy atom. The van der Waals surface area contributed by atoms with Crippen molar-refractivity contribution < 1.29 is 18.9 Å². The largest absolute Gasteiger partial charge is 0.496 e. The summed E-state index contributed by atoms with van der Waals surface area (Å²) in [7, 11) is 7.42. The molecule has 360 valence electrons. The van der Waals surface area contributed by atoms with E-state index in [0.717, 1.165) is 114 Å². The van der Waals surface area contributed by atoms with Crippen LogP contribution in [-0.2, 0) is 60.7 Å². The first-order valence-corrected chi connectivity index (χ1v) is 24.7. The van der Waals surface area contributed by atoms with E-state index >= 15 is 0 Å². The van der Waals surface area contributed by atoms with Gasteiger partial charge in [-0.15, -0.1) is 0 Å². The predicted molar refractivity (Wildman–Crippen MR) is 273 cm³/mol. The molecule has 0 spiro atoms. The first-order valence-electron chi connectivity index (χ1n) is 24.7. The molecular formula is C58H84N4O4. The monoisotopic (exact) mass is 901 g/mol. The highest BCUT2D eigenvalue weighted by atomic mass is 16.5. The topological polar surface area (TPSA) is 49.9 Å². The van der Waals surface area contributed by atoms with Crippen LogP contribution < -0.4 is 18.9 Å². The molecule has 0 atom stereocenters. The van der Waals surface area contributed by atoms with Gasteiger partial charge in [0.05, 0.1) is 28.4 Å². The van der Waals surface area contributed by atoms with E-state index in [4.69, 9.17) is 18.9 Å². The van der Waals surface area contributed by atoms with Gasteiger partial charge in [0.25, 0.3) is 0 Å². The number of hydrogen-bond acceptors (Lipinski definition) is 8. The quantitative estimate of drug-likeness (QED) is 0.201. The lowest BCUT2D eigenvalue weighted by Crippen LogP contribution is -2.45. The lowest BCUT2D eigenvalue weighted by Gasteiger charge is -2.36.